The molecule has 2 heterocycles. The third-order valence-electron chi connectivity index (χ3n) is 7.76. The van der Waals surface area contributed by atoms with E-state index in [2.05, 4.69) is 84.2 Å². The van der Waals surface area contributed by atoms with E-state index in [0.717, 1.165) is 54.2 Å². The summed E-state index contributed by atoms with van der Waals surface area (Å²) in [5.74, 6) is 0.635. The van der Waals surface area contributed by atoms with Crippen molar-refractivity contribution in [1.29, 1.82) is 0 Å². The van der Waals surface area contributed by atoms with Gasteiger partial charge in [-0.3, -0.25) is 9.36 Å². The van der Waals surface area contributed by atoms with Crippen molar-refractivity contribution in [1.82, 2.24) is 4.57 Å². The fourth-order valence-corrected chi connectivity index (χ4v) is 8.89. The molecule has 0 N–H and O–H groups in total. The summed E-state index contributed by atoms with van der Waals surface area (Å²) in [6.07, 6.45) is 3.68. The first-order valence-corrected chi connectivity index (χ1v) is 17.7. The highest BCUT2D eigenvalue weighted by Crippen LogP contribution is 2.41. The highest BCUT2D eigenvalue weighted by Gasteiger charge is 2.32. The van der Waals surface area contributed by atoms with E-state index in [1.807, 2.05) is 41.0 Å². The smallest absolute Gasteiger partial charge is 0.271 e. The SMILES string of the molecule is O=c1/c(=C/c2cc(Br)c(OCc3ccc(Cl)cc3Cl)c(Br)c2)sc2n1[C@H](c1ccc(Br)cc1)C1=C(N=2)c2ccccc2CC1. The van der Waals surface area contributed by atoms with Gasteiger partial charge in [0.1, 0.15) is 12.4 Å². The summed E-state index contributed by atoms with van der Waals surface area (Å²) in [5, 5.41) is 1.12. The van der Waals surface area contributed by atoms with Crippen LogP contribution in [0.25, 0.3) is 11.8 Å². The predicted molar refractivity (Wildman–Crippen MR) is 190 cm³/mol. The van der Waals surface area contributed by atoms with Gasteiger partial charge in [0.2, 0.25) is 0 Å². The number of benzene rings is 4. The topological polar surface area (TPSA) is 43.6 Å². The van der Waals surface area contributed by atoms with E-state index in [1.165, 1.54) is 22.5 Å². The van der Waals surface area contributed by atoms with Gasteiger partial charge in [-0.25, -0.2) is 4.99 Å². The largest absolute Gasteiger partial charge is 0.486 e. The van der Waals surface area contributed by atoms with Crippen LogP contribution in [0.5, 0.6) is 5.75 Å². The van der Waals surface area contributed by atoms with Crippen LogP contribution < -0.4 is 19.6 Å². The molecule has 0 amide bonds. The quantitative estimate of drug-likeness (QED) is 0.177. The molecule has 1 aliphatic heterocycles. The maximum atomic E-state index is 14.1. The van der Waals surface area contributed by atoms with Crippen LogP contribution >= 0.6 is 82.3 Å². The van der Waals surface area contributed by atoms with E-state index >= 15 is 0 Å². The summed E-state index contributed by atoms with van der Waals surface area (Å²) in [4.78, 5) is 19.9. The molecule has 1 aromatic heterocycles. The van der Waals surface area contributed by atoms with E-state index < -0.39 is 0 Å². The number of allylic oxidation sites excluding steroid dienone is 1. The Hall–Kier alpha value is -2.46. The van der Waals surface area contributed by atoms with Crippen LogP contribution in [0.3, 0.4) is 0 Å². The van der Waals surface area contributed by atoms with Crippen LogP contribution in [0.1, 0.15) is 40.3 Å². The number of aryl methyl sites for hydroxylation is 1. The Morgan fingerprint density at radius 1 is 0.955 bits per heavy atom. The number of halogens is 5. The molecule has 0 bridgehead atoms. The second-order valence-corrected chi connectivity index (χ2v) is 15.0. The summed E-state index contributed by atoms with van der Waals surface area (Å²) < 4.78 is 11.1. The zero-order chi connectivity index (χ0) is 30.5. The maximum absolute atomic E-state index is 14.1. The van der Waals surface area contributed by atoms with Crippen molar-refractivity contribution < 1.29 is 4.74 Å². The minimum absolute atomic E-state index is 0.0583. The Kier molecular flexibility index (Phi) is 8.50. The van der Waals surface area contributed by atoms with Crippen molar-refractivity contribution in [2.45, 2.75) is 25.5 Å². The lowest BCUT2D eigenvalue weighted by atomic mass is 9.83. The van der Waals surface area contributed by atoms with Crippen molar-refractivity contribution in [2.75, 3.05) is 0 Å². The van der Waals surface area contributed by atoms with Crippen LogP contribution in [0.2, 0.25) is 10.0 Å². The van der Waals surface area contributed by atoms with E-state index in [4.69, 9.17) is 32.9 Å². The standard InChI is InChI=1S/C34H21Br3Cl2N2O2S/c35-22-9-5-20(6-10-22)31-25-12-8-19-3-1-2-4-24(19)30(25)40-34-41(31)33(42)29(44-34)15-18-13-26(36)32(27(37)14-18)43-17-21-7-11-23(38)16-28(21)39/h1-7,9-11,13-16,31H,8,12,17H2/b29-15-/t31-/m1/s1. The summed E-state index contributed by atoms with van der Waals surface area (Å²) in [5.41, 5.74) is 7.28. The lowest BCUT2D eigenvalue weighted by Crippen LogP contribution is -2.38. The molecule has 0 unspecified atom stereocenters. The maximum Gasteiger partial charge on any atom is 0.271 e. The molecule has 4 aromatic carbocycles. The monoisotopic (exact) mass is 828 g/mol. The molecule has 1 atom stereocenters. The Labute approximate surface area is 292 Å². The highest BCUT2D eigenvalue weighted by atomic mass is 79.9. The third-order valence-corrected chi connectivity index (χ3v) is 11.0. The van der Waals surface area contributed by atoms with Crippen LogP contribution in [0.4, 0.5) is 0 Å². The van der Waals surface area contributed by atoms with Gasteiger partial charge in [-0.2, -0.15) is 0 Å². The van der Waals surface area contributed by atoms with Crippen molar-refractivity contribution >= 4 is 94.1 Å². The molecule has 0 saturated heterocycles. The van der Waals surface area contributed by atoms with Gasteiger partial charge in [0.05, 0.1) is 25.2 Å². The number of aromatic nitrogens is 1. The van der Waals surface area contributed by atoms with Gasteiger partial charge in [0.25, 0.3) is 5.56 Å². The van der Waals surface area contributed by atoms with Gasteiger partial charge >= 0.3 is 0 Å². The molecule has 0 fully saturated rings. The molecule has 0 radical (unpaired) electrons. The fourth-order valence-electron chi connectivity index (χ4n) is 5.71. The van der Waals surface area contributed by atoms with Gasteiger partial charge < -0.3 is 4.74 Å². The molecule has 220 valence electrons. The lowest BCUT2D eigenvalue weighted by molar-refractivity contribution is 0.302. The summed E-state index contributed by atoms with van der Waals surface area (Å²) in [6, 6.07) is 25.7. The van der Waals surface area contributed by atoms with Crippen LogP contribution in [0.15, 0.2) is 108 Å². The first kappa shape index (κ1) is 30.2. The first-order valence-electron chi connectivity index (χ1n) is 13.7. The van der Waals surface area contributed by atoms with Gasteiger partial charge in [0, 0.05) is 25.6 Å². The molecule has 4 nitrogen and oxygen atoms in total. The molecular formula is C34H21Br3Cl2N2O2S. The molecule has 10 heteroatoms. The molecule has 1 aliphatic carbocycles. The van der Waals surface area contributed by atoms with Gasteiger partial charge in [-0.15, -0.1) is 0 Å². The molecule has 2 aliphatic rings. The number of hydrogen-bond donors (Lipinski definition) is 0. The van der Waals surface area contributed by atoms with E-state index in [-0.39, 0.29) is 18.2 Å². The third kappa shape index (κ3) is 5.70. The van der Waals surface area contributed by atoms with Gasteiger partial charge in [-0.1, -0.05) is 92.9 Å². The van der Waals surface area contributed by atoms with Crippen molar-refractivity contribution in [3.63, 3.8) is 0 Å². The Balaban J connectivity index is 1.30. The van der Waals surface area contributed by atoms with Gasteiger partial charge in [-0.05, 0) is 109 Å². The zero-order valence-electron chi connectivity index (χ0n) is 22.8. The molecule has 5 aromatic rings. The molecule has 0 spiro atoms. The number of thiazole rings is 1. The average Bonchev–Trinajstić information content (AvgIpc) is 3.31. The molecule has 0 saturated carbocycles. The summed E-state index contributed by atoms with van der Waals surface area (Å²) in [6.45, 7) is 0.273. The molecule has 44 heavy (non-hydrogen) atoms. The normalized spacial score (nSPS) is 15.8. The van der Waals surface area contributed by atoms with E-state index in [9.17, 15) is 4.79 Å². The van der Waals surface area contributed by atoms with Crippen molar-refractivity contribution in [3.05, 3.63) is 155 Å². The second kappa shape index (κ2) is 12.4. The number of fused-ring (bicyclic) bond motifs is 3. The van der Waals surface area contributed by atoms with Gasteiger partial charge in [0.15, 0.2) is 4.80 Å². The van der Waals surface area contributed by atoms with E-state index in [0.29, 0.717) is 25.1 Å². The average molecular weight is 832 g/mol. The predicted octanol–water partition coefficient (Wildman–Crippen LogP) is 9.49. The number of rotatable bonds is 5. The minimum Gasteiger partial charge on any atom is -0.486 e. The second-order valence-electron chi connectivity index (χ2n) is 10.5. The Bertz CT molecular complexity index is 2150. The van der Waals surface area contributed by atoms with Crippen molar-refractivity contribution in [3.8, 4) is 5.75 Å². The summed E-state index contributed by atoms with van der Waals surface area (Å²) >= 11 is 24.7. The molecular weight excluding hydrogens is 811 g/mol. The van der Waals surface area contributed by atoms with Crippen molar-refractivity contribution in [2.24, 2.45) is 4.99 Å². The lowest BCUT2D eigenvalue weighted by Gasteiger charge is -2.30. The van der Waals surface area contributed by atoms with Crippen LogP contribution in [-0.4, -0.2) is 4.57 Å². The van der Waals surface area contributed by atoms with Crippen LogP contribution in [-0.2, 0) is 13.0 Å². The van der Waals surface area contributed by atoms with Crippen LogP contribution in [0, 0.1) is 0 Å². The van der Waals surface area contributed by atoms with E-state index in [1.54, 1.807) is 12.1 Å². The minimum atomic E-state index is -0.223. The zero-order valence-corrected chi connectivity index (χ0v) is 29.9. The Morgan fingerprint density at radius 2 is 1.70 bits per heavy atom. The summed E-state index contributed by atoms with van der Waals surface area (Å²) in [7, 11) is 0. The highest BCUT2D eigenvalue weighted by molar-refractivity contribution is 9.11. The molecule has 7 rings (SSSR count). The number of ether oxygens (including phenoxy) is 1. The first-order chi connectivity index (χ1) is 21.3. The number of hydrogen-bond acceptors (Lipinski definition) is 4. The Morgan fingerprint density at radius 3 is 2.45 bits per heavy atom. The number of nitrogens with zero attached hydrogens (tertiary/aromatic N) is 2. The fraction of sp³-hybridized carbons (Fsp3) is 0.118.